The lowest BCUT2D eigenvalue weighted by molar-refractivity contribution is 0.0947. The van der Waals surface area contributed by atoms with Crippen LogP contribution in [0.25, 0.3) is 0 Å². The fourth-order valence-corrected chi connectivity index (χ4v) is 2.66. The van der Waals surface area contributed by atoms with Crippen molar-refractivity contribution in [3.8, 4) is 5.75 Å². The van der Waals surface area contributed by atoms with E-state index in [0.29, 0.717) is 24.5 Å². The number of hydrogen-bond acceptors (Lipinski definition) is 3. The van der Waals surface area contributed by atoms with E-state index in [0.717, 1.165) is 5.56 Å². The van der Waals surface area contributed by atoms with Gasteiger partial charge in [-0.05, 0) is 41.3 Å². The van der Waals surface area contributed by atoms with Crippen LogP contribution < -0.4 is 10.1 Å². The highest BCUT2D eigenvalue weighted by atomic mass is 16.5. The van der Waals surface area contributed by atoms with E-state index in [1.807, 2.05) is 48.5 Å². The van der Waals surface area contributed by atoms with Crippen LogP contribution in [-0.4, -0.2) is 17.4 Å². The third-order valence-corrected chi connectivity index (χ3v) is 4.21. The maximum atomic E-state index is 12.6. The molecule has 1 atom stereocenters. The van der Waals surface area contributed by atoms with Crippen LogP contribution in [-0.2, 0) is 6.61 Å². The zero-order valence-corrected chi connectivity index (χ0v) is 14.8. The van der Waals surface area contributed by atoms with Crippen molar-refractivity contribution in [3.63, 3.8) is 0 Å². The quantitative estimate of drug-likeness (QED) is 0.698. The highest BCUT2D eigenvalue weighted by Crippen LogP contribution is 2.20. The summed E-state index contributed by atoms with van der Waals surface area (Å²) in [6.07, 6.45) is 3.45. The summed E-state index contributed by atoms with van der Waals surface area (Å²) < 4.78 is 5.85. The molecule has 0 aliphatic rings. The zero-order chi connectivity index (χ0) is 18.2. The average molecular weight is 346 g/mol. The number of carbonyl (C=O) groups is 1. The molecule has 1 N–H and O–H groups in total. The summed E-state index contributed by atoms with van der Waals surface area (Å²) in [7, 11) is 0. The van der Waals surface area contributed by atoms with Crippen molar-refractivity contribution in [3.05, 3.63) is 95.8 Å². The van der Waals surface area contributed by atoms with Crippen LogP contribution in [0.3, 0.4) is 0 Å². The fraction of sp³-hybridized carbons (Fsp3) is 0.182. The Morgan fingerprint density at radius 2 is 1.69 bits per heavy atom. The maximum Gasteiger partial charge on any atom is 0.255 e. The topological polar surface area (TPSA) is 51.2 Å². The average Bonchev–Trinajstić information content (AvgIpc) is 2.72. The SMILES string of the molecule is C[C@@H](CNC(=O)c1ccccc1OCc1ccncc1)c1ccccc1. The molecule has 4 nitrogen and oxygen atoms in total. The molecule has 0 aliphatic heterocycles. The van der Waals surface area contributed by atoms with Crippen LogP contribution in [0.5, 0.6) is 5.75 Å². The Kier molecular flexibility index (Phi) is 5.99. The van der Waals surface area contributed by atoms with Gasteiger partial charge >= 0.3 is 0 Å². The normalized spacial score (nSPS) is 11.6. The Morgan fingerprint density at radius 3 is 2.46 bits per heavy atom. The van der Waals surface area contributed by atoms with Crippen molar-refractivity contribution in [2.45, 2.75) is 19.4 Å². The number of carbonyl (C=O) groups excluding carboxylic acids is 1. The molecule has 132 valence electrons. The van der Waals surface area contributed by atoms with E-state index in [1.54, 1.807) is 18.5 Å². The van der Waals surface area contributed by atoms with Gasteiger partial charge in [0.25, 0.3) is 5.91 Å². The first kappa shape index (κ1) is 17.7. The molecular weight excluding hydrogens is 324 g/mol. The molecule has 1 heterocycles. The van der Waals surface area contributed by atoms with Crippen LogP contribution in [0.2, 0.25) is 0 Å². The number of pyridine rings is 1. The van der Waals surface area contributed by atoms with Gasteiger partial charge in [0.05, 0.1) is 5.56 Å². The largest absolute Gasteiger partial charge is 0.488 e. The summed E-state index contributed by atoms with van der Waals surface area (Å²) in [4.78, 5) is 16.6. The Labute approximate surface area is 153 Å². The summed E-state index contributed by atoms with van der Waals surface area (Å²) in [6, 6.07) is 21.2. The third kappa shape index (κ3) is 4.70. The van der Waals surface area contributed by atoms with Crippen molar-refractivity contribution < 1.29 is 9.53 Å². The van der Waals surface area contributed by atoms with Gasteiger partial charge in [-0.25, -0.2) is 0 Å². The molecule has 0 saturated heterocycles. The number of aromatic nitrogens is 1. The second-order valence-electron chi connectivity index (χ2n) is 6.16. The number of benzene rings is 2. The fourth-order valence-electron chi connectivity index (χ4n) is 2.66. The molecule has 0 radical (unpaired) electrons. The van der Waals surface area contributed by atoms with Crippen molar-refractivity contribution in [2.24, 2.45) is 0 Å². The summed E-state index contributed by atoms with van der Waals surface area (Å²) in [6.45, 7) is 3.07. The lowest BCUT2D eigenvalue weighted by Gasteiger charge is -2.15. The predicted octanol–water partition coefficient (Wildman–Crippen LogP) is 4.19. The molecule has 0 unspecified atom stereocenters. The summed E-state index contributed by atoms with van der Waals surface area (Å²) >= 11 is 0. The van der Waals surface area contributed by atoms with Gasteiger partial charge in [-0.3, -0.25) is 9.78 Å². The number of ether oxygens (including phenoxy) is 1. The number of para-hydroxylation sites is 1. The van der Waals surface area contributed by atoms with E-state index in [1.165, 1.54) is 5.56 Å². The van der Waals surface area contributed by atoms with Gasteiger partial charge in [-0.1, -0.05) is 49.4 Å². The zero-order valence-electron chi connectivity index (χ0n) is 14.8. The number of amides is 1. The van der Waals surface area contributed by atoms with E-state index in [2.05, 4.69) is 29.4 Å². The van der Waals surface area contributed by atoms with Gasteiger partial charge < -0.3 is 10.1 Å². The molecule has 0 spiro atoms. The van der Waals surface area contributed by atoms with Crippen molar-refractivity contribution >= 4 is 5.91 Å². The molecule has 3 rings (SSSR count). The first-order valence-corrected chi connectivity index (χ1v) is 8.68. The minimum Gasteiger partial charge on any atom is -0.488 e. The number of hydrogen-bond donors (Lipinski definition) is 1. The van der Waals surface area contributed by atoms with Crippen LogP contribution >= 0.6 is 0 Å². The molecule has 0 bridgehead atoms. The predicted molar refractivity (Wildman–Crippen MR) is 102 cm³/mol. The summed E-state index contributed by atoms with van der Waals surface area (Å²) in [5.41, 5.74) is 2.75. The van der Waals surface area contributed by atoms with Gasteiger partial charge in [0, 0.05) is 18.9 Å². The Morgan fingerprint density at radius 1 is 1.00 bits per heavy atom. The first-order valence-electron chi connectivity index (χ1n) is 8.68. The molecule has 4 heteroatoms. The monoisotopic (exact) mass is 346 g/mol. The lowest BCUT2D eigenvalue weighted by Crippen LogP contribution is -2.27. The Balaban J connectivity index is 1.62. The number of rotatable bonds is 7. The van der Waals surface area contributed by atoms with Crippen LogP contribution in [0.15, 0.2) is 79.1 Å². The van der Waals surface area contributed by atoms with Crippen molar-refractivity contribution in [2.75, 3.05) is 6.54 Å². The molecule has 1 amide bonds. The maximum absolute atomic E-state index is 12.6. The van der Waals surface area contributed by atoms with Crippen LogP contribution in [0, 0.1) is 0 Å². The van der Waals surface area contributed by atoms with Crippen molar-refractivity contribution in [1.29, 1.82) is 0 Å². The van der Waals surface area contributed by atoms with E-state index in [9.17, 15) is 4.79 Å². The van der Waals surface area contributed by atoms with Gasteiger partial charge in [0.2, 0.25) is 0 Å². The molecule has 2 aromatic carbocycles. The van der Waals surface area contributed by atoms with Gasteiger partial charge in [0.1, 0.15) is 12.4 Å². The highest BCUT2D eigenvalue weighted by molar-refractivity contribution is 5.96. The Bertz CT molecular complexity index is 835. The smallest absolute Gasteiger partial charge is 0.255 e. The Hall–Kier alpha value is -3.14. The van der Waals surface area contributed by atoms with E-state index >= 15 is 0 Å². The molecular formula is C22H22N2O2. The number of nitrogens with one attached hydrogen (secondary N) is 1. The lowest BCUT2D eigenvalue weighted by atomic mass is 10.0. The number of nitrogens with zero attached hydrogens (tertiary/aromatic N) is 1. The molecule has 0 aliphatic carbocycles. The summed E-state index contributed by atoms with van der Waals surface area (Å²) in [5, 5.41) is 3.01. The molecule has 3 aromatic rings. The second-order valence-corrected chi connectivity index (χ2v) is 6.16. The third-order valence-electron chi connectivity index (χ3n) is 4.21. The molecule has 26 heavy (non-hydrogen) atoms. The molecule has 0 fully saturated rings. The molecule has 0 saturated carbocycles. The second kappa shape index (κ2) is 8.81. The molecule has 1 aromatic heterocycles. The van der Waals surface area contributed by atoms with Crippen LogP contribution in [0.1, 0.15) is 34.3 Å². The van der Waals surface area contributed by atoms with E-state index in [4.69, 9.17) is 4.74 Å². The van der Waals surface area contributed by atoms with Gasteiger partial charge in [-0.2, -0.15) is 0 Å². The standard InChI is InChI=1S/C22H22N2O2/c1-17(19-7-3-2-4-8-19)15-24-22(25)20-9-5-6-10-21(20)26-16-18-11-13-23-14-12-18/h2-14,17H,15-16H2,1H3,(H,24,25)/t17-/m0/s1. The first-order chi connectivity index (χ1) is 12.7. The minimum absolute atomic E-state index is 0.127. The van der Waals surface area contributed by atoms with Gasteiger partial charge in [-0.15, -0.1) is 0 Å². The minimum atomic E-state index is -0.127. The van der Waals surface area contributed by atoms with Crippen molar-refractivity contribution in [1.82, 2.24) is 10.3 Å². The van der Waals surface area contributed by atoms with Gasteiger partial charge in [0.15, 0.2) is 0 Å². The highest BCUT2D eigenvalue weighted by Gasteiger charge is 2.13. The summed E-state index contributed by atoms with van der Waals surface area (Å²) in [5.74, 6) is 0.692. The van der Waals surface area contributed by atoms with E-state index in [-0.39, 0.29) is 11.8 Å². The van der Waals surface area contributed by atoms with E-state index < -0.39 is 0 Å². The van der Waals surface area contributed by atoms with Crippen LogP contribution in [0.4, 0.5) is 0 Å².